The average Bonchev–Trinajstić information content (AvgIpc) is 3.16. The normalized spacial score (nSPS) is 10.8. The van der Waals surface area contributed by atoms with E-state index in [1.165, 1.54) is 5.56 Å². The summed E-state index contributed by atoms with van der Waals surface area (Å²) in [5.74, 6) is 3.41. The van der Waals surface area contributed by atoms with Crippen molar-refractivity contribution in [1.29, 1.82) is 0 Å². The maximum atomic E-state index is 6.01. The Morgan fingerprint density at radius 3 is 2.26 bits per heavy atom. The third-order valence-electron chi connectivity index (χ3n) is 5.15. The lowest BCUT2D eigenvalue weighted by Crippen LogP contribution is -2.10. The van der Waals surface area contributed by atoms with E-state index in [-0.39, 0.29) is 0 Å². The van der Waals surface area contributed by atoms with Crippen LogP contribution in [0, 0.1) is 6.92 Å². The van der Waals surface area contributed by atoms with Gasteiger partial charge in [0.05, 0.1) is 38.9 Å². The zero-order valence-corrected chi connectivity index (χ0v) is 18.2. The summed E-state index contributed by atoms with van der Waals surface area (Å²) < 4.78 is 24.7. The zero-order chi connectivity index (χ0) is 21.8. The molecule has 0 bridgehead atoms. The SMILES string of the molecule is COc1cc(-c2nc3ccccc3n2CCOc2cccc(C)c2)cc(OC)c1OC. The summed E-state index contributed by atoms with van der Waals surface area (Å²) in [6.07, 6.45) is 0. The van der Waals surface area contributed by atoms with Crippen LogP contribution in [0.4, 0.5) is 0 Å². The zero-order valence-electron chi connectivity index (χ0n) is 18.2. The van der Waals surface area contributed by atoms with Crippen LogP contribution < -0.4 is 18.9 Å². The van der Waals surface area contributed by atoms with Crippen LogP contribution in [0.15, 0.2) is 60.7 Å². The summed E-state index contributed by atoms with van der Waals surface area (Å²) in [6, 6.07) is 20.0. The fraction of sp³-hybridized carbons (Fsp3) is 0.240. The Bertz CT molecular complexity index is 1170. The number of aromatic nitrogens is 2. The first-order chi connectivity index (χ1) is 15.1. The van der Waals surface area contributed by atoms with Crippen LogP contribution >= 0.6 is 0 Å². The first-order valence-electron chi connectivity index (χ1n) is 10.1. The molecule has 0 amide bonds. The van der Waals surface area contributed by atoms with E-state index in [9.17, 15) is 0 Å². The molecule has 0 aliphatic heterocycles. The first kappa shape index (κ1) is 20.6. The van der Waals surface area contributed by atoms with Crippen molar-refractivity contribution in [2.75, 3.05) is 27.9 Å². The Balaban J connectivity index is 1.73. The molecule has 6 nitrogen and oxygen atoms in total. The average molecular weight is 418 g/mol. The quantitative estimate of drug-likeness (QED) is 0.398. The van der Waals surface area contributed by atoms with Gasteiger partial charge in [-0.25, -0.2) is 4.98 Å². The number of fused-ring (bicyclic) bond motifs is 1. The van der Waals surface area contributed by atoms with Crippen molar-refractivity contribution in [3.05, 3.63) is 66.2 Å². The summed E-state index contributed by atoms with van der Waals surface area (Å²) in [4.78, 5) is 4.88. The highest BCUT2D eigenvalue weighted by Crippen LogP contribution is 2.41. The van der Waals surface area contributed by atoms with Crippen molar-refractivity contribution in [3.63, 3.8) is 0 Å². The van der Waals surface area contributed by atoms with Crippen LogP contribution in [0.2, 0.25) is 0 Å². The summed E-state index contributed by atoms with van der Waals surface area (Å²) >= 11 is 0. The number of benzene rings is 3. The van der Waals surface area contributed by atoms with Crippen molar-refractivity contribution in [1.82, 2.24) is 9.55 Å². The Morgan fingerprint density at radius 1 is 0.839 bits per heavy atom. The predicted molar refractivity (Wildman–Crippen MR) is 121 cm³/mol. The van der Waals surface area contributed by atoms with E-state index in [1.807, 2.05) is 48.5 Å². The van der Waals surface area contributed by atoms with E-state index in [4.69, 9.17) is 23.9 Å². The number of ether oxygens (including phenoxy) is 4. The van der Waals surface area contributed by atoms with Gasteiger partial charge in [0.15, 0.2) is 11.5 Å². The molecule has 31 heavy (non-hydrogen) atoms. The Labute approximate surface area is 182 Å². The maximum absolute atomic E-state index is 6.01. The molecule has 1 aromatic heterocycles. The molecule has 3 aromatic carbocycles. The molecule has 6 heteroatoms. The lowest BCUT2D eigenvalue weighted by molar-refractivity contribution is 0.300. The minimum atomic E-state index is 0.515. The molecule has 0 aliphatic rings. The number of aryl methyl sites for hydroxylation is 1. The molecule has 0 N–H and O–H groups in total. The second kappa shape index (κ2) is 9.00. The van der Waals surface area contributed by atoms with E-state index < -0.39 is 0 Å². The van der Waals surface area contributed by atoms with Crippen molar-refractivity contribution < 1.29 is 18.9 Å². The minimum Gasteiger partial charge on any atom is -0.493 e. The fourth-order valence-corrected chi connectivity index (χ4v) is 3.69. The molecule has 0 fully saturated rings. The minimum absolute atomic E-state index is 0.515. The van der Waals surface area contributed by atoms with Crippen LogP contribution in [0.5, 0.6) is 23.0 Å². The summed E-state index contributed by atoms with van der Waals surface area (Å²) in [5, 5.41) is 0. The Morgan fingerprint density at radius 2 is 1.58 bits per heavy atom. The molecule has 160 valence electrons. The van der Waals surface area contributed by atoms with Crippen LogP contribution in [0.1, 0.15) is 5.56 Å². The molecule has 0 aliphatic carbocycles. The molecule has 4 aromatic rings. The van der Waals surface area contributed by atoms with Crippen molar-refractivity contribution in [3.8, 4) is 34.4 Å². The largest absolute Gasteiger partial charge is 0.493 e. The van der Waals surface area contributed by atoms with Gasteiger partial charge in [-0.15, -0.1) is 0 Å². The predicted octanol–water partition coefficient (Wildman–Crippen LogP) is 5.12. The molecule has 0 radical (unpaired) electrons. The molecule has 4 rings (SSSR count). The monoisotopic (exact) mass is 418 g/mol. The smallest absolute Gasteiger partial charge is 0.203 e. The van der Waals surface area contributed by atoms with Crippen LogP contribution in [-0.4, -0.2) is 37.5 Å². The lowest BCUT2D eigenvalue weighted by Gasteiger charge is -2.15. The standard InChI is InChI=1S/C25H26N2O4/c1-17-8-7-9-19(14-17)31-13-12-27-21-11-6-5-10-20(21)26-25(27)18-15-22(28-2)24(30-4)23(16-18)29-3/h5-11,14-16H,12-13H2,1-4H3. The number of nitrogens with zero attached hydrogens (tertiary/aromatic N) is 2. The summed E-state index contributed by atoms with van der Waals surface area (Å²) in [6.45, 7) is 3.21. The molecule has 0 saturated carbocycles. The highest BCUT2D eigenvalue weighted by molar-refractivity contribution is 5.81. The van der Waals surface area contributed by atoms with E-state index in [1.54, 1.807) is 21.3 Å². The van der Waals surface area contributed by atoms with Crippen LogP contribution in [0.3, 0.4) is 0 Å². The van der Waals surface area contributed by atoms with Crippen molar-refractivity contribution in [2.24, 2.45) is 0 Å². The Hall–Kier alpha value is -3.67. The number of imidazole rings is 1. The first-order valence-corrected chi connectivity index (χ1v) is 10.1. The van der Waals surface area contributed by atoms with Gasteiger partial charge in [-0.1, -0.05) is 24.3 Å². The molecule has 1 heterocycles. The third kappa shape index (κ3) is 4.14. The molecular formula is C25H26N2O4. The number of hydrogen-bond donors (Lipinski definition) is 0. The van der Waals surface area contributed by atoms with Crippen LogP contribution in [-0.2, 0) is 6.54 Å². The van der Waals surface area contributed by atoms with E-state index in [0.717, 1.165) is 28.2 Å². The van der Waals surface area contributed by atoms with Gasteiger partial charge < -0.3 is 23.5 Å². The molecule has 0 spiro atoms. The topological polar surface area (TPSA) is 54.7 Å². The molecule has 0 saturated heterocycles. The molecule has 0 unspecified atom stereocenters. The van der Waals surface area contributed by atoms with E-state index >= 15 is 0 Å². The van der Waals surface area contributed by atoms with Gasteiger partial charge in [0.25, 0.3) is 0 Å². The third-order valence-corrected chi connectivity index (χ3v) is 5.15. The van der Waals surface area contributed by atoms with Gasteiger partial charge in [-0.2, -0.15) is 0 Å². The van der Waals surface area contributed by atoms with Gasteiger partial charge in [0, 0.05) is 5.56 Å². The van der Waals surface area contributed by atoms with Gasteiger partial charge in [0.1, 0.15) is 18.2 Å². The van der Waals surface area contributed by atoms with Crippen LogP contribution in [0.25, 0.3) is 22.4 Å². The maximum Gasteiger partial charge on any atom is 0.203 e. The van der Waals surface area contributed by atoms with Gasteiger partial charge in [0.2, 0.25) is 5.75 Å². The van der Waals surface area contributed by atoms with Crippen molar-refractivity contribution in [2.45, 2.75) is 13.5 Å². The Kier molecular flexibility index (Phi) is 5.98. The summed E-state index contributed by atoms with van der Waals surface area (Å²) in [5.41, 5.74) is 4.01. The lowest BCUT2D eigenvalue weighted by atomic mass is 10.1. The summed E-state index contributed by atoms with van der Waals surface area (Å²) in [7, 11) is 4.82. The fourth-order valence-electron chi connectivity index (χ4n) is 3.69. The number of methoxy groups -OCH3 is 3. The van der Waals surface area contributed by atoms with E-state index in [2.05, 4.69) is 23.6 Å². The van der Waals surface area contributed by atoms with Gasteiger partial charge in [-0.05, 0) is 48.9 Å². The highest BCUT2D eigenvalue weighted by Gasteiger charge is 2.18. The van der Waals surface area contributed by atoms with Gasteiger partial charge in [-0.3, -0.25) is 0 Å². The second-order valence-corrected chi connectivity index (χ2v) is 7.15. The number of hydrogen-bond acceptors (Lipinski definition) is 5. The number of rotatable bonds is 8. The highest BCUT2D eigenvalue weighted by atomic mass is 16.5. The second-order valence-electron chi connectivity index (χ2n) is 7.15. The number of para-hydroxylation sites is 2. The van der Waals surface area contributed by atoms with E-state index in [0.29, 0.717) is 30.4 Å². The van der Waals surface area contributed by atoms with Crippen molar-refractivity contribution >= 4 is 11.0 Å². The molecule has 0 atom stereocenters. The van der Waals surface area contributed by atoms with Gasteiger partial charge >= 0.3 is 0 Å². The molecular weight excluding hydrogens is 392 g/mol.